The average Bonchev–Trinajstić information content (AvgIpc) is 3.13. The maximum Gasteiger partial charge on any atom is 0.295 e. The lowest BCUT2D eigenvalue weighted by Crippen LogP contribution is -2.32. The van der Waals surface area contributed by atoms with Crippen LogP contribution in [0.5, 0.6) is 5.75 Å². The Kier molecular flexibility index (Phi) is 7.80. The predicted octanol–water partition coefficient (Wildman–Crippen LogP) is 4.34. The third kappa shape index (κ3) is 5.47. The second-order valence-corrected chi connectivity index (χ2v) is 9.18. The summed E-state index contributed by atoms with van der Waals surface area (Å²) in [4.78, 5) is 33.8. The molecule has 0 bridgehead atoms. The van der Waals surface area contributed by atoms with Gasteiger partial charge in [-0.25, -0.2) is 0 Å². The van der Waals surface area contributed by atoms with Crippen molar-refractivity contribution in [2.24, 2.45) is 0 Å². The van der Waals surface area contributed by atoms with Crippen molar-refractivity contribution >= 4 is 17.4 Å². The predicted molar refractivity (Wildman–Crippen MR) is 138 cm³/mol. The molecule has 7 nitrogen and oxygen atoms in total. The maximum atomic E-state index is 13.1. The first kappa shape index (κ1) is 25.1. The van der Waals surface area contributed by atoms with Crippen molar-refractivity contribution in [2.75, 3.05) is 27.2 Å². The van der Waals surface area contributed by atoms with Gasteiger partial charge in [-0.1, -0.05) is 30.3 Å². The van der Waals surface area contributed by atoms with E-state index in [9.17, 15) is 14.7 Å². The molecule has 7 heteroatoms. The number of aromatic nitrogens is 1. The molecule has 1 aliphatic heterocycles. The van der Waals surface area contributed by atoms with E-state index in [1.165, 1.54) is 4.90 Å². The summed E-state index contributed by atoms with van der Waals surface area (Å²) in [6.45, 7) is 3.63. The molecule has 4 rings (SSSR count). The van der Waals surface area contributed by atoms with Crippen molar-refractivity contribution in [1.29, 1.82) is 0 Å². The largest absolute Gasteiger partial charge is 0.507 e. The number of aliphatic hydroxyl groups is 1. The standard InChI is InChI=1S/C29H31N3O4/c1-20-8-4-5-9-23(20)19-36-24-13-11-21(12-14-24)27(33)25-26(22-10-6-15-30-18-22)32(29(35)28(25)34)17-7-16-31(2)3/h4-6,8-15,18,26,33H,7,16-17,19H2,1-3H3/b27-25-. The summed E-state index contributed by atoms with van der Waals surface area (Å²) in [5.41, 5.74) is 3.44. The Labute approximate surface area is 211 Å². The van der Waals surface area contributed by atoms with Gasteiger partial charge in [-0.05, 0) is 81.0 Å². The lowest BCUT2D eigenvalue weighted by Gasteiger charge is -2.25. The highest BCUT2D eigenvalue weighted by molar-refractivity contribution is 6.46. The van der Waals surface area contributed by atoms with Gasteiger partial charge in [-0.3, -0.25) is 14.6 Å². The number of benzene rings is 2. The van der Waals surface area contributed by atoms with Gasteiger partial charge in [-0.15, -0.1) is 0 Å². The van der Waals surface area contributed by atoms with Gasteiger partial charge < -0.3 is 19.6 Å². The second-order valence-electron chi connectivity index (χ2n) is 9.18. The molecule has 0 spiro atoms. The van der Waals surface area contributed by atoms with Crippen LogP contribution in [0.25, 0.3) is 5.76 Å². The number of pyridine rings is 1. The Balaban J connectivity index is 1.61. The van der Waals surface area contributed by atoms with E-state index in [1.54, 1.807) is 42.7 Å². The van der Waals surface area contributed by atoms with E-state index in [0.717, 1.165) is 17.7 Å². The zero-order valence-corrected chi connectivity index (χ0v) is 20.8. The van der Waals surface area contributed by atoms with Crippen LogP contribution < -0.4 is 4.74 Å². The Hall–Kier alpha value is -3.97. The Morgan fingerprint density at radius 2 is 1.81 bits per heavy atom. The topological polar surface area (TPSA) is 83.0 Å². The fraction of sp³-hybridized carbons (Fsp3) is 0.276. The molecule has 0 saturated carbocycles. The van der Waals surface area contributed by atoms with Gasteiger partial charge in [-0.2, -0.15) is 0 Å². The van der Waals surface area contributed by atoms with Gasteiger partial charge in [0.25, 0.3) is 11.7 Å². The van der Waals surface area contributed by atoms with Crippen LogP contribution in [0.15, 0.2) is 78.6 Å². The molecule has 2 heterocycles. The molecule has 3 aromatic rings. The Morgan fingerprint density at radius 1 is 1.06 bits per heavy atom. The number of hydrogen-bond acceptors (Lipinski definition) is 6. The normalized spacial score (nSPS) is 17.1. The molecule has 1 aromatic heterocycles. The van der Waals surface area contributed by atoms with Gasteiger partial charge in [0.2, 0.25) is 0 Å². The SMILES string of the molecule is Cc1ccccc1COc1ccc(/C(O)=C2/C(=O)C(=O)N(CCCN(C)C)C2c2cccnc2)cc1. The van der Waals surface area contributed by atoms with Crippen molar-refractivity contribution in [1.82, 2.24) is 14.8 Å². The molecular formula is C29H31N3O4. The minimum Gasteiger partial charge on any atom is -0.507 e. The number of carbonyl (C=O) groups excluding carboxylic acids is 2. The third-order valence-corrected chi connectivity index (χ3v) is 6.33. The molecule has 2 aromatic carbocycles. The lowest BCUT2D eigenvalue weighted by atomic mass is 9.96. The summed E-state index contributed by atoms with van der Waals surface area (Å²) in [5.74, 6) is -0.862. The van der Waals surface area contributed by atoms with E-state index in [2.05, 4.69) is 4.98 Å². The maximum absolute atomic E-state index is 13.1. The molecule has 0 aliphatic carbocycles. The van der Waals surface area contributed by atoms with E-state index >= 15 is 0 Å². The molecule has 1 amide bonds. The minimum atomic E-state index is -0.696. The first-order valence-electron chi connectivity index (χ1n) is 12.0. The van der Waals surface area contributed by atoms with Crippen LogP contribution in [-0.4, -0.2) is 58.8 Å². The number of amides is 1. The van der Waals surface area contributed by atoms with E-state index < -0.39 is 17.7 Å². The lowest BCUT2D eigenvalue weighted by molar-refractivity contribution is -0.139. The van der Waals surface area contributed by atoms with Gasteiger partial charge in [0.15, 0.2) is 0 Å². The smallest absolute Gasteiger partial charge is 0.295 e. The highest BCUT2D eigenvalue weighted by Crippen LogP contribution is 2.39. The van der Waals surface area contributed by atoms with E-state index in [0.29, 0.717) is 36.4 Å². The number of aliphatic hydroxyl groups excluding tert-OH is 1. The van der Waals surface area contributed by atoms with Crippen molar-refractivity contribution < 1.29 is 19.4 Å². The number of nitrogens with zero attached hydrogens (tertiary/aromatic N) is 3. The number of hydrogen-bond donors (Lipinski definition) is 1. The van der Waals surface area contributed by atoms with Crippen LogP contribution >= 0.6 is 0 Å². The zero-order valence-electron chi connectivity index (χ0n) is 20.8. The van der Waals surface area contributed by atoms with E-state index in [1.807, 2.05) is 56.3 Å². The quantitative estimate of drug-likeness (QED) is 0.276. The molecule has 1 atom stereocenters. The fourth-order valence-electron chi connectivity index (χ4n) is 4.35. The zero-order chi connectivity index (χ0) is 25.7. The van der Waals surface area contributed by atoms with Crippen molar-refractivity contribution in [3.05, 3.63) is 101 Å². The summed E-state index contributed by atoms with van der Waals surface area (Å²) in [6, 6.07) is 17.8. The van der Waals surface area contributed by atoms with Crippen molar-refractivity contribution in [2.45, 2.75) is 26.0 Å². The van der Waals surface area contributed by atoms with Crippen molar-refractivity contribution in [3.63, 3.8) is 0 Å². The van der Waals surface area contributed by atoms with Gasteiger partial charge >= 0.3 is 0 Å². The molecular weight excluding hydrogens is 454 g/mol. The molecule has 36 heavy (non-hydrogen) atoms. The molecule has 1 fully saturated rings. The molecule has 1 unspecified atom stereocenters. The van der Waals surface area contributed by atoms with Gasteiger partial charge in [0, 0.05) is 24.5 Å². The first-order chi connectivity index (χ1) is 17.4. The molecule has 1 saturated heterocycles. The number of aryl methyl sites for hydroxylation is 1. The minimum absolute atomic E-state index is 0.0754. The number of Topliss-reactive ketones (excluding diaryl/α,β-unsaturated/α-hetero) is 1. The highest BCUT2D eigenvalue weighted by atomic mass is 16.5. The summed E-state index contributed by atoms with van der Waals surface area (Å²) in [5, 5.41) is 11.2. The van der Waals surface area contributed by atoms with Gasteiger partial charge in [0.1, 0.15) is 18.1 Å². The number of likely N-dealkylation sites (tertiary alicyclic amines) is 1. The summed E-state index contributed by atoms with van der Waals surface area (Å²) in [7, 11) is 3.92. The van der Waals surface area contributed by atoms with E-state index in [4.69, 9.17) is 4.74 Å². The number of rotatable bonds is 9. The molecule has 186 valence electrons. The Morgan fingerprint density at radius 3 is 2.47 bits per heavy atom. The number of ether oxygens (including phenoxy) is 1. The summed E-state index contributed by atoms with van der Waals surface area (Å²) in [6.07, 6.45) is 3.96. The van der Waals surface area contributed by atoms with Crippen LogP contribution in [0.4, 0.5) is 0 Å². The first-order valence-corrected chi connectivity index (χ1v) is 12.0. The van der Waals surface area contributed by atoms with Gasteiger partial charge in [0.05, 0.1) is 11.6 Å². The van der Waals surface area contributed by atoms with Crippen LogP contribution in [0.1, 0.15) is 34.7 Å². The number of ketones is 1. The average molecular weight is 486 g/mol. The van der Waals surface area contributed by atoms with Crippen LogP contribution in [0.2, 0.25) is 0 Å². The summed E-state index contributed by atoms with van der Waals surface area (Å²) >= 11 is 0. The molecule has 0 radical (unpaired) electrons. The monoisotopic (exact) mass is 485 g/mol. The van der Waals surface area contributed by atoms with Crippen LogP contribution in [-0.2, 0) is 16.2 Å². The third-order valence-electron chi connectivity index (χ3n) is 6.33. The van der Waals surface area contributed by atoms with Crippen LogP contribution in [0, 0.1) is 6.92 Å². The van der Waals surface area contributed by atoms with Crippen molar-refractivity contribution in [3.8, 4) is 5.75 Å². The Bertz CT molecular complexity index is 1250. The number of carbonyl (C=O) groups is 2. The molecule has 1 aliphatic rings. The van der Waals surface area contributed by atoms with Crippen LogP contribution in [0.3, 0.4) is 0 Å². The second kappa shape index (κ2) is 11.2. The van der Waals surface area contributed by atoms with E-state index in [-0.39, 0.29) is 11.3 Å². The summed E-state index contributed by atoms with van der Waals surface area (Å²) < 4.78 is 5.90. The molecule has 1 N–H and O–H groups in total. The fourth-order valence-corrected chi connectivity index (χ4v) is 4.35. The highest BCUT2D eigenvalue weighted by Gasteiger charge is 2.45.